The van der Waals surface area contributed by atoms with Crippen LogP contribution in [0.1, 0.15) is 28.0 Å². The molecule has 1 N–H and O–H groups in total. The lowest BCUT2D eigenvalue weighted by atomic mass is 10.2. The molecule has 2 rings (SSSR count). The molecule has 5 nitrogen and oxygen atoms in total. The van der Waals surface area contributed by atoms with Gasteiger partial charge in [0.1, 0.15) is 5.69 Å². The molecule has 0 fully saturated rings. The lowest BCUT2D eigenvalue weighted by molar-refractivity contribution is 0.0936. The molecule has 19 heavy (non-hydrogen) atoms. The fourth-order valence-corrected chi connectivity index (χ4v) is 1.62. The lowest BCUT2D eigenvalue weighted by Gasteiger charge is -2.04. The molecule has 1 amide bonds. The second kappa shape index (κ2) is 5.55. The number of carbonyl (C=O) groups excluding carboxylic acids is 1. The van der Waals surface area contributed by atoms with Crippen LogP contribution in [0.2, 0.25) is 0 Å². The van der Waals surface area contributed by atoms with Crippen molar-refractivity contribution in [1.82, 2.24) is 20.1 Å². The third-order valence-corrected chi connectivity index (χ3v) is 2.48. The van der Waals surface area contributed by atoms with Crippen LogP contribution >= 0.6 is 0 Å². The van der Waals surface area contributed by atoms with Crippen molar-refractivity contribution in [2.75, 3.05) is 0 Å². The molecule has 2 aromatic rings. The molecular weight excluding hydrogens is 254 g/mol. The van der Waals surface area contributed by atoms with E-state index in [4.69, 9.17) is 0 Å². The predicted octanol–water partition coefficient (Wildman–Crippen LogP) is 1.68. The molecule has 0 aliphatic heterocycles. The van der Waals surface area contributed by atoms with Crippen LogP contribution in [0.5, 0.6) is 0 Å². The summed E-state index contributed by atoms with van der Waals surface area (Å²) in [6, 6.07) is 3.51. The topological polar surface area (TPSA) is 59.8 Å². The molecule has 0 aromatic carbocycles. The zero-order valence-electron chi connectivity index (χ0n) is 10.2. The minimum Gasteiger partial charge on any atom is -0.348 e. The predicted molar refractivity (Wildman–Crippen MR) is 63.6 cm³/mol. The van der Waals surface area contributed by atoms with Crippen molar-refractivity contribution in [1.29, 1.82) is 0 Å². The number of alkyl halides is 2. The van der Waals surface area contributed by atoms with Gasteiger partial charge in [0.25, 0.3) is 12.3 Å². The van der Waals surface area contributed by atoms with E-state index in [-0.39, 0.29) is 12.1 Å². The van der Waals surface area contributed by atoms with Crippen LogP contribution in [0, 0.1) is 0 Å². The number of carbonyl (C=O) groups is 1. The van der Waals surface area contributed by atoms with Gasteiger partial charge < -0.3 is 5.32 Å². The summed E-state index contributed by atoms with van der Waals surface area (Å²) in [5, 5.41) is 6.14. The van der Waals surface area contributed by atoms with E-state index in [2.05, 4.69) is 15.4 Å². The van der Waals surface area contributed by atoms with Gasteiger partial charge in [-0.2, -0.15) is 5.10 Å². The summed E-state index contributed by atoms with van der Waals surface area (Å²) in [6.45, 7) is 0.226. The summed E-state index contributed by atoms with van der Waals surface area (Å²) in [4.78, 5) is 15.7. The minimum absolute atomic E-state index is 0.110. The summed E-state index contributed by atoms with van der Waals surface area (Å²) in [6.07, 6.45) is 1.71. The number of rotatable bonds is 4. The number of pyridine rings is 1. The van der Waals surface area contributed by atoms with Crippen LogP contribution in [0.4, 0.5) is 8.78 Å². The van der Waals surface area contributed by atoms with Gasteiger partial charge in [0.05, 0.1) is 5.56 Å². The number of nitrogens with one attached hydrogen (secondary N) is 1. The lowest BCUT2D eigenvalue weighted by Crippen LogP contribution is -2.23. The fourth-order valence-electron chi connectivity index (χ4n) is 1.62. The SMILES string of the molecule is Cn1cc(C(=O)NCc2cccnc2)c(C(F)F)n1. The van der Waals surface area contributed by atoms with Crippen LogP contribution in [-0.4, -0.2) is 20.7 Å². The van der Waals surface area contributed by atoms with Crippen molar-refractivity contribution in [2.24, 2.45) is 7.05 Å². The van der Waals surface area contributed by atoms with Crippen LogP contribution < -0.4 is 5.32 Å². The minimum atomic E-state index is -2.78. The number of halogens is 2. The molecule has 0 saturated carbocycles. The van der Waals surface area contributed by atoms with Gasteiger partial charge in [0.2, 0.25) is 0 Å². The number of hydrogen-bond acceptors (Lipinski definition) is 3. The number of nitrogens with zero attached hydrogens (tertiary/aromatic N) is 3. The maximum atomic E-state index is 12.7. The number of aromatic nitrogens is 3. The monoisotopic (exact) mass is 266 g/mol. The van der Waals surface area contributed by atoms with E-state index in [1.54, 1.807) is 24.5 Å². The normalized spacial score (nSPS) is 10.7. The standard InChI is InChI=1S/C12H12F2N4O/c1-18-7-9(10(17-18)11(13)14)12(19)16-6-8-3-2-4-15-5-8/h2-5,7,11H,6H2,1H3,(H,16,19). The summed E-state index contributed by atoms with van der Waals surface area (Å²) >= 11 is 0. The van der Waals surface area contributed by atoms with E-state index in [1.807, 2.05) is 0 Å². The Morgan fingerprint density at radius 2 is 2.32 bits per heavy atom. The molecule has 100 valence electrons. The van der Waals surface area contributed by atoms with Crippen molar-refractivity contribution in [3.05, 3.63) is 47.5 Å². The molecule has 0 radical (unpaired) electrons. The Kier molecular flexibility index (Phi) is 3.84. The van der Waals surface area contributed by atoms with Gasteiger partial charge >= 0.3 is 0 Å². The summed E-state index contributed by atoms with van der Waals surface area (Å²) in [5.41, 5.74) is 0.172. The van der Waals surface area contributed by atoms with E-state index in [0.29, 0.717) is 0 Å². The molecule has 0 saturated heterocycles. The van der Waals surface area contributed by atoms with Crippen LogP contribution in [0.3, 0.4) is 0 Å². The van der Waals surface area contributed by atoms with Crippen LogP contribution in [-0.2, 0) is 13.6 Å². The zero-order valence-corrected chi connectivity index (χ0v) is 10.2. The Morgan fingerprint density at radius 1 is 1.53 bits per heavy atom. The van der Waals surface area contributed by atoms with E-state index >= 15 is 0 Å². The summed E-state index contributed by atoms with van der Waals surface area (Å²) in [7, 11) is 1.49. The Balaban J connectivity index is 2.08. The smallest absolute Gasteiger partial charge is 0.282 e. The Morgan fingerprint density at radius 3 is 2.95 bits per heavy atom. The molecule has 0 aliphatic carbocycles. The first-order chi connectivity index (χ1) is 9.08. The maximum absolute atomic E-state index is 12.7. The Hall–Kier alpha value is -2.31. The van der Waals surface area contributed by atoms with Gasteiger partial charge in [-0.3, -0.25) is 14.5 Å². The van der Waals surface area contributed by atoms with Gasteiger partial charge in [0, 0.05) is 32.2 Å². The van der Waals surface area contributed by atoms with E-state index in [1.165, 1.54) is 17.9 Å². The highest BCUT2D eigenvalue weighted by Gasteiger charge is 2.22. The molecule has 0 atom stereocenters. The van der Waals surface area contributed by atoms with Crippen LogP contribution in [0.15, 0.2) is 30.7 Å². The number of hydrogen-bond donors (Lipinski definition) is 1. The molecule has 2 heterocycles. The van der Waals surface area contributed by atoms with E-state index in [0.717, 1.165) is 5.56 Å². The molecule has 0 bridgehead atoms. The van der Waals surface area contributed by atoms with Gasteiger partial charge in [-0.15, -0.1) is 0 Å². The largest absolute Gasteiger partial charge is 0.348 e. The average molecular weight is 266 g/mol. The van der Waals surface area contributed by atoms with Crippen molar-refractivity contribution >= 4 is 5.91 Å². The highest BCUT2D eigenvalue weighted by molar-refractivity contribution is 5.95. The summed E-state index contributed by atoms with van der Waals surface area (Å²) < 4.78 is 26.6. The average Bonchev–Trinajstić information content (AvgIpc) is 2.79. The van der Waals surface area contributed by atoms with Gasteiger partial charge in [-0.1, -0.05) is 6.07 Å². The Labute approximate surface area is 108 Å². The molecule has 0 spiro atoms. The van der Waals surface area contributed by atoms with Gasteiger partial charge in [-0.25, -0.2) is 8.78 Å². The number of aryl methyl sites for hydroxylation is 1. The van der Waals surface area contributed by atoms with Crippen molar-refractivity contribution in [3.63, 3.8) is 0 Å². The molecule has 0 unspecified atom stereocenters. The quantitative estimate of drug-likeness (QED) is 0.916. The van der Waals surface area contributed by atoms with Crippen molar-refractivity contribution in [2.45, 2.75) is 13.0 Å². The highest BCUT2D eigenvalue weighted by Crippen LogP contribution is 2.20. The third-order valence-electron chi connectivity index (χ3n) is 2.48. The second-order valence-electron chi connectivity index (χ2n) is 3.95. The molecule has 0 aliphatic rings. The highest BCUT2D eigenvalue weighted by atomic mass is 19.3. The van der Waals surface area contributed by atoms with E-state index in [9.17, 15) is 13.6 Å². The first-order valence-electron chi connectivity index (χ1n) is 5.56. The Bertz CT molecular complexity index is 568. The van der Waals surface area contributed by atoms with Gasteiger partial charge in [0.15, 0.2) is 0 Å². The third kappa shape index (κ3) is 3.12. The number of amides is 1. The molecule has 7 heteroatoms. The van der Waals surface area contributed by atoms with Gasteiger partial charge in [-0.05, 0) is 11.6 Å². The first kappa shape index (κ1) is 13.1. The fraction of sp³-hybridized carbons (Fsp3) is 0.250. The van der Waals surface area contributed by atoms with E-state index < -0.39 is 18.0 Å². The van der Waals surface area contributed by atoms with Crippen molar-refractivity contribution < 1.29 is 13.6 Å². The maximum Gasteiger partial charge on any atom is 0.282 e. The summed E-state index contributed by atoms with van der Waals surface area (Å²) in [5.74, 6) is -0.577. The zero-order chi connectivity index (χ0) is 13.8. The van der Waals surface area contributed by atoms with Crippen LogP contribution in [0.25, 0.3) is 0 Å². The second-order valence-corrected chi connectivity index (χ2v) is 3.95. The molecular formula is C12H12F2N4O. The molecule has 2 aromatic heterocycles. The first-order valence-corrected chi connectivity index (χ1v) is 5.56. The van der Waals surface area contributed by atoms with Crippen molar-refractivity contribution in [3.8, 4) is 0 Å².